The van der Waals surface area contributed by atoms with E-state index in [4.69, 9.17) is 5.73 Å². The van der Waals surface area contributed by atoms with Gasteiger partial charge < -0.3 is 11.1 Å². The Labute approximate surface area is 116 Å². The zero-order valence-corrected chi connectivity index (χ0v) is 11.5. The number of hydrogen-bond donors (Lipinski definition) is 2. The molecule has 1 aromatic rings. The summed E-state index contributed by atoms with van der Waals surface area (Å²) in [7, 11) is 0. The Bertz CT molecular complexity index is 465. The maximum absolute atomic E-state index is 11.8. The molecule has 0 saturated heterocycles. The van der Waals surface area contributed by atoms with Crippen LogP contribution in [-0.4, -0.2) is 32.7 Å². The number of nitrogens with zero attached hydrogens (tertiary/aromatic N) is 2. The Morgan fingerprint density at radius 2 is 2.32 bits per heavy atom. The number of carbonyl (C=O) groups is 1. The van der Waals surface area contributed by atoms with Crippen molar-refractivity contribution >= 4 is 17.7 Å². The fraction of sp³-hybridized carbons (Fsp3) is 0.615. The molecule has 2 aliphatic carbocycles. The first-order valence-electron chi connectivity index (χ1n) is 6.68. The van der Waals surface area contributed by atoms with Crippen LogP contribution in [0.15, 0.2) is 23.6 Å². The Balaban J connectivity index is 1.65. The van der Waals surface area contributed by atoms with E-state index in [0.717, 1.165) is 24.3 Å². The van der Waals surface area contributed by atoms with Gasteiger partial charge in [0.2, 0.25) is 5.91 Å². The Morgan fingerprint density at radius 3 is 2.95 bits per heavy atom. The quantitative estimate of drug-likeness (QED) is 0.788. The predicted octanol–water partition coefficient (Wildman–Crippen LogP) is 1.10. The van der Waals surface area contributed by atoms with Crippen molar-refractivity contribution in [3.63, 3.8) is 0 Å². The Kier molecular flexibility index (Phi) is 3.45. The van der Waals surface area contributed by atoms with Crippen molar-refractivity contribution in [2.75, 3.05) is 0 Å². The number of nitrogens with two attached hydrogens (primary N) is 1. The van der Waals surface area contributed by atoms with E-state index in [9.17, 15) is 4.79 Å². The van der Waals surface area contributed by atoms with E-state index in [0.29, 0.717) is 11.3 Å². The largest absolute Gasteiger partial charge is 0.368 e. The molecule has 0 radical (unpaired) electrons. The number of hydrogen-bond acceptors (Lipinski definition) is 5. The van der Waals surface area contributed by atoms with Crippen molar-refractivity contribution in [1.29, 1.82) is 0 Å². The number of aromatic nitrogens is 2. The highest BCUT2D eigenvalue weighted by Gasteiger charge is 2.46. The zero-order valence-electron chi connectivity index (χ0n) is 10.7. The third-order valence-corrected chi connectivity index (χ3v) is 5.06. The first kappa shape index (κ1) is 12.9. The van der Waals surface area contributed by atoms with Gasteiger partial charge in [0.05, 0.1) is 10.6 Å². The average Bonchev–Trinajstić information content (AvgIpc) is 3.11. The second kappa shape index (κ2) is 5.09. The van der Waals surface area contributed by atoms with E-state index in [-0.39, 0.29) is 5.91 Å². The van der Waals surface area contributed by atoms with Crippen molar-refractivity contribution in [3.05, 3.63) is 18.6 Å². The smallest absolute Gasteiger partial charge is 0.237 e. The van der Waals surface area contributed by atoms with Gasteiger partial charge in [-0.3, -0.25) is 4.79 Å². The minimum atomic E-state index is -0.494. The lowest BCUT2D eigenvalue weighted by Crippen LogP contribution is -2.54. The van der Waals surface area contributed by atoms with Gasteiger partial charge in [0, 0.05) is 17.5 Å². The summed E-state index contributed by atoms with van der Waals surface area (Å²) < 4.78 is 0. The zero-order chi connectivity index (χ0) is 13.3. The highest BCUT2D eigenvalue weighted by Crippen LogP contribution is 2.41. The van der Waals surface area contributed by atoms with Gasteiger partial charge in [-0.25, -0.2) is 9.97 Å². The van der Waals surface area contributed by atoms with E-state index in [2.05, 4.69) is 15.3 Å². The lowest BCUT2D eigenvalue weighted by atomic mass is 9.96. The fourth-order valence-electron chi connectivity index (χ4n) is 2.66. The first-order chi connectivity index (χ1) is 9.18. The molecule has 6 heteroatoms. The van der Waals surface area contributed by atoms with Crippen LogP contribution in [0.5, 0.6) is 0 Å². The molecule has 0 aromatic carbocycles. The number of carbonyl (C=O) groups excluding carboxylic acids is 1. The van der Waals surface area contributed by atoms with Crippen LogP contribution in [0.4, 0.5) is 0 Å². The molecule has 102 valence electrons. The molecule has 2 unspecified atom stereocenters. The van der Waals surface area contributed by atoms with Crippen LogP contribution in [0.3, 0.4) is 0 Å². The lowest BCUT2D eigenvalue weighted by molar-refractivity contribution is -0.124. The van der Waals surface area contributed by atoms with E-state index in [1.165, 1.54) is 12.8 Å². The predicted molar refractivity (Wildman–Crippen MR) is 73.6 cm³/mol. The third kappa shape index (κ3) is 2.90. The van der Waals surface area contributed by atoms with Crippen molar-refractivity contribution in [2.24, 2.45) is 5.73 Å². The van der Waals surface area contributed by atoms with Gasteiger partial charge in [-0.05, 0) is 38.2 Å². The molecular formula is C13H18N4OS. The van der Waals surface area contributed by atoms with Crippen molar-refractivity contribution in [3.8, 4) is 0 Å². The maximum atomic E-state index is 11.8. The number of nitrogens with one attached hydrogen (secondary N) is 1. The second-order valence-corrected chi connectivity index (χ2v) is 6.72. The summed E-state index contributed by atoms with van der Waals surface area (Å²) >= 11 is 1.72. The number of amides is 1. The molecule has 2 aliphatic rings. The van der Waals surface area contributed by atoms with Crippen molar-refractivity contribution in [1.82, 2.24) is 15.3 Å². The highest BCUT2D eigenvalue weighted by molar-refractivity contribution is 7.99. The summed E-state index contributed by atoms with van der Waals surface area (Å²) in [5.74, 6) is -0.204. The molecule has 5 nitrogen and oxygen atoms in total. The third-order valence-electron chi connectivity index (χ3n) is 3.84. The highest BCUT2D eigenvalue weighted by atomic mass is 32.2. The van der Waals surface area contributed by atoms with Gasteiger partial charge in [-0.1, -0.05) is 0 Å². The van der Waals surface area contributed by atoms with Gasteiger partial charge in [0.15, 0.2) is 0 Å². The van der Waals surface area contributed by atoms with Crippen LogP contribution >= 0.6 is 11.8 Å². The van der Waals surface area contributed by atoms with Gasteiger partial charge in [0.1, 0.15) is 6.33 Å². The van der Waals surface area contributed by atoms with Crippen LogP contribution in [0, 0.1) is 0 Å². The summed E-state index contributed by atoms with van der Waals surface area (Å²) in [5, 5.41) is 4.82. The lowest BCUT2D eigenvalue weighted by Gasteiger charge is -2.27. The second-order valence-electron chi connectivity index (χ2n) is 5.40. The molecule has 3 N–H and O–H groups in total. The molecule has 2 atom stereocenters. The molecule has 19 heavy (non-hydrogen) atoms. The Hall–Kier alpha value is -1.14. The SMILES string of the molecule is NC(=O)C1(NC2CC2)CCC(Sc2ccncn2)C1. The van der Waals surface area contributed by atoms with Gasteiger partial charge in [0.25, 0.3) is 0 Å². The monoisotopic (exact) mass is 278 g/mol. The van der Waals surface area contributed by atoms with Gasteiger partial charge >= 0.3 is 0 Å². The van der Waals surface area contributed by atoms with Crippen molar-refractivity contribution in [2.45, 2.75) is 54.0 Å². The fourth-order valence-corrected chi connectivity index (χ4v) is 3.86. The van der Waals surface area contributed by atoms with E-state index >= 15 is 0 Å². The molecule has 2 fully saturated rings. The molecule has 3 rings (SSSR count). The molecular weight excluding hydrogens is 260 g/mol. The summed E-state index contributed by atoms with van der Waals surface area (Å²) in [6, 6.07) is 2.40. The summed E-state index contributed by atoms with van der Waals surface area (Å²) in [6.45, 7) is 0. The van der Waals surface area contributed by atoms with Crippen LogP contribution in [0.25, 0.3) is 0 Å². The van der Waals surface area contributed by atoms with E-state index < -0.39 is 5.54 Å². The minimum Gasteiger partial charge on any atom is -0.368 e. The van der Waals surface area contributed by atoms with Crippen molar-refractivity contribution < 1.29 is 4.79 Å². The summed E-state index contributed by atoms with van der Waals surface area (Å²) in [5.41, 5.74) is 5.13. The van der Waals surface area contributed by atoms with Gasteiger partial charge in [-0.15, -0.1) is 11.8 Å². The molecule has 0 bridgehead atoms. The number of rotatable bonds is 5. The van der Waals surface area contributed by atoms with E-state index in [1.807, 2.05) is 6.07 Å². The molecule has 0 aliphatic heterocycles. The number of thioether (sulfide) groups is 1. The first-order valence-corrected chi connectivity index (χ1v) is 7.56. The van der Waals surface area contributed by atoms with Gasteiger partial charge in [-0.2, -0.15) is 0 Å². The molecule has 2 saturated carbocycles. The van der Waals surface area contributed by atoms with E-state index in [1.54, 1.807) is 24.3 Å². The standard InChI is InChI=1S/C13H18N4OS/c14-12(18)13(17-9-1-2-9)5-3-10(7-13)19-11-4-6-15-8-16-11/h4,6,8-10,17H,1-3,5,7H2,(H2,14,18). The molecule has 1 aromatic heterocycles. The summed E-state index contributed by atoms with van der Waals surface area (Å²) in [6.07, 6.45) is 8.26. The molecule has 1 amide bonds. The topological polar surface area (TPSA) is 80.9 Å². The van der Waals surface area contributed by atoms with Crippen LogP contribution < -0.4 is 11.1 Å². The molecule has 1 heterocycles. The number of primary amides is 1. The average molecular weight is 278 g/mol. The Morgan fingerprint density at radius 1 is 1.47 bits per heavy atom. The van der Waals surface area contributed by atoms with Crippen LogP contribution in [0.2, 0.25) is 0 Å². The maximum Gasteiger partial charge on any atom is 0.237 e. The minimum absolute atomic E-state index is 0.204. The normalized spacial score (nSPS) is 30.4. The molecule has 0 spiro atoms. The summed E-state index contributed by atoms with van der Waals surface area (Å²) in [4.78, 5) is 19.9. The van der Waals surface area contributed by atoms with Crippen LogP contribution in [0.1, 0.15) is 32.1 Å². The van der Waals surface area contributed by atoms with Crippen LogP contribution in [-0.2, 0) is 4.79 Å².